The van der Waals surface area contributed by atoms with Crippen molar-refractivity contribution < 1.29 is 19.1 Å². The summed E-state index contributed by atoms with van der Waals surface area (Å²) in [6.45, 7) is 9.12. The van der Waals surface area contributed by atoms with Crippen molar-refractivity contribution in [3.63, 3.8) is 0 Å². The molecular formula is C14H21NO4. The van der Waals surface area contributed by atoms with Gasteiger partial charge in [-0.2, -0.15) is 0 Å². The molecule has 0 aliphatic rings. The molecule has 1 amide bonds. The molecule has 0 radical (unpaired) electrons. The van der Waals surface area contributed by atoms with Gasteiger partial charge in [0.2, 0.25) is 0 Å². The Kier molecular flexibility index (Phi) is 4.75. The molecule has 5 heteroatoms. The summed E-state index contributed by atoms with van der Waals surface area (Å²) < 4.78 is 5.41. The van der Waals surface area contributed by atoms with E-state index in [0.29, 0.717) is 17.1 Å². The maximum absolute atomic E-state index is 12.2. The van der Waals surface area contributed by atoms with Gasteiger partial charge in [-0.15, -0.1) is 0 Å². The minimum Gasteiger partial charge on any atom is -0.481 e. The zero-order chi connectivity index (χ0) is 14.7. The van der Waals surface area contributed by atoms with Gasteiger partial charge in [-0.05, 0) is 26.7 Å². The predicted octanol–water partition coefficient (Wildman–Crippen LogP) is 2.43. The van der Waals surface area contributed by atoms with Crippen molar-refractivity contribution in [3.8, 4) is 0 Å². The molecule has 2 N–H and O–H groups in total. The molecule has 106 valence electrons. The number of hydrogen-bond donors (Lipinski definition) is 2. The number of aliphatic carboxylic acids is 1. The standard InChI is InChI=1S/C14H21NO4/c1-7(2)11(6-12(16)17)15-14(18)13-8(3)9(4)19-10(13)5/h7,11H,6H2,1-5H3,(H,15,18)(H,16,17). The van der Waals surface area contributed by atoms with Gasteiger partial charge < -0.3 is 14.8 Å². The summed E-state index contributed by atoms with van der Waals surface area (Å²) in [4.78, 5) is 23.0. The fraction of sp³-hybridized carbons (Fsp3) is 0.571. The van der Waals surface area contributed by atoms with E-state index in [9.17, 15) is 9.59 Å². The Morgan fingerprint density at radius 2 is 1.79 bits per heavy atom. The average Bonchev–Trinajstić information content (AvgIpc) is 2.51. The van der Waals surface area contributed by atoms with E-state index in [1.807, 2.05) is 20.8 Å². The number of aryl methyl sites for hydroxylation is 2. The normalized spacial score (nSPS) is 12.5. The molecule has 1 aromatic heterocycles. The molecule has 0 spiro atoms. The van der Waals surface area contributed by atoms with Crippen LogP contribution in [0.2, 0.25) is 0 Å². The first-order valence-electron chi connectivity index (χ1n) is 6.33. The van der Waals surface area contributed by atoms with Gasteiger partial charge in [0.05, 0.1) is 12.0 Å². The topological polar surface area (TPSA) is 79.5 Å². The fourth-order valence-corrected chi connectivity index (χ4v) is 2.01. The first-order valence-corrected chi connectivity index (χ1v) is 6.33. The van der Waals surface area contributed by atoms with Crippen molar-refractivity contribution in [3.05, 3.63) is 22.6 Å². The Morgan fingerprint density at radius 1 is 1.21 bits per heavy atom. The molecule has 1 rings (SSSR count). The number of carboxylic acids is 1. The molecular weight excluding hydrogens is 246 g/mol. The van der Waals surface area contributed by atoms with Crippen LogP contribution in [0, 0.1) is 26.7 Å². The second kappa shape index (κ2) is 5.91. The van der Waals surface area contributed by atoms with Gasteiger partial charge in [-0.3, -0.25) is 9.59 Å². The molecule has 1 unspecified atom stereocenters. The molecule has 1 aromatic rings. The highest BCUT2D eigenvalue weighted by Crippen LogP contribution is 2.21. The largest absolute Gasteiger partial charge is 0.481 e. The van der Waals surface area contributed by atoms with E-state index in [1.54, 1.807) is 13.8 Å². The summed E-state index contributed by atoms with van der Waals surface area (Å²) in [5, 5.41) is 11.6. The lowest BCUT2D eigenvalue weighted by Gasteiger charge is -2.20. The third-order valence-electron chi connectivity index (χ3n) is 3.30. The summed E-state index contributed by atoms with van der Waals surface area (Å²) in [7, 11) is 0. The SMILES string of the molecule is Cc1oc(C)c(C(=O)NC(CC(=O)O)C(C)C)c1C. The van der Waals surface area contributed by atoms with E-state index < -0.39 is 5.97 Å². The highest BCUT2D eigenvalue weighted by Gasteiger charge is 2.24. The van der Waals surface area contributed by atoms with Crippen molar-refractivity contribution in [2.24, 2.45) is 5.92 Å². The number of carboxylic acid groups (broad SMARTS) is 1. The number of nitrogens with one attached hydrogen (secondary N) is 1. The first kappa shape index (κ1) is 15.3. The van der Waals surface area contributed by atoms with Gasteiger partial charge in [0.1, 0.15) is 11.5 Å². The summed E-state index contributed by atoms with van der Waals surface area (Å²) in [6, 6.07) is -0.390. The molecule has 1 heterocycles. The van der Waals surface area contributed by atoms with Crippen LogP contribution in [0.15, 0.2) is 4.42 Å². The smallest absolute Gasteiger partial charge is 0.305 e. The molecule has 0 aliphatic carbocycles. The molecule has 0 aromatic carbocycles. The number of amides is 1. The maximum Gasteiger partial charge on any atom is 0.305 e. The molecule has 0 saturated carbocycles. The van der Waals surface area contributed by atoms with Crippen molar-refractivity contribution >= 4 is 11.9 Å². The lowest BCUT2D eigenvalue weighted by molar-refractivity contribution is -0.137. The van der Waals surface area contributed by atoms with Crippen molar-refractivity contribution in [1.29, 1.82) is 0 Å². The van der Waals surface area contributed by atoms with Gasteiger partial charge in [0, 0.05) is 11.6 Å². The van der Waals surface area contributed by atoms with Gasteiger partial charge >= 0.3 is 5.97 Å². The van der Waals surface area contributed by atoms with E-state index in [-0.39, 0.29) is 24.3 Å². The average molecular weight is 267 g/mol. The summed E-state index contributed by atoms with van der Waals surface area (Å²) in [5.41, 5.74) is 1.31. The van der Waals surface area contributed by atoms with Crippen LogP contribution < -0.4 is 5.32 Å². The fourth-order valence-electron chi connectivity index (χ4n) is 2.01. The Hall–Kier alpha value is -1.78. The summed E-state index contributed by atoms with van der Waals surface area (Å²) >= 11 is 0. The van der Waals surface area contributed by atoms with Gasteiger partial charge in [-0.1, -0.05) is 13.8 Å². The summed E-state index contributed by atoms with van der Waals surface area (Å²) in [5.74, 6) is 0.128. The first-order chi connectivity index (χ1) is 8.73. The molecule has 19 heavy (non-hydrogen) atoms. The lowest BCUT2D eigenvalue weighted by atomic mass is 10.00. The van der Waals surface area contributed by atoms with Crippen molar-refractivity contribution in [2.45, 2.75) is 47.1 Å². The van der Waals surface area contributed by atoms with Gasteiger partial charge in [-0.25, -0.2) is 0 Å². The van der Waals surface area contributed by atoms with Crippen LogP contribution in [0.3, 0.4) is 0 Å². The van der Waals surface area contributed by atoms with E-state index in [2.05, 4.69) is 5.32 Å². The number of hydrogen-bond acceptors (Lipinski definition) is 3. The van der Waals surface area contributed by atoms with Crippen LogP contribution in [-0.4, -0.2) is 23.0 Å². The molecule has 0 bridgehead atoms. The minimum atomic E-state index is -0.921. The van der Waals surface area contributed by atoms with Crippen LogP contribution in [0.1, 0.15) is 47.7 Å². The van der Waals surface area contributed by atoms with Crippen molar-refractivity contribution in [1.82, 2.24) is 5.32 Å². The Morgan fingerprint density at radius 3 is 2.16 bits per heavy atom. The molecule has 0 saturated heterocycles. The van der Waals surface area contributed by atoms with Crippen molar-refractivity contribution in [2.75, 3.05) is 0 Å². The van der Waals surface area contributed by atoms with Gasteiger partial charge in [0.15, 0.2) is 0 Å². The Bertz CT molecular complexity index is 488. The summed E-state index contributed by atoms with van der Waals surface area (Å²) in [6.07, 6.45) is -0.0850. The van der Waals surface area contributed by atoms with Crippen LogP contribution in [0.4, 0.5) is 0 Å². The minimum absolute atomic E-state index is 0.0497. The number of carbonyl (C=O) groups excluding carboxylic acids is 1. The van der Waals surface area contributed by atoms with Crippen LogP contribution in [0.25, 0.3) is 0 Å². The lowest BCUT2D eigenvalue weighted by Crippen LogP contribution is -2.40. The second-order valence-corrected chi connectivity index (χ2v) is 5.14. The predicted molar refractivity (Wildman–Crippen MR) is 71.3 cm³/mol. The second-order valence-electron chi connectivity index (χ2n) is 5.14. The van der Waals surface area contributed by atoms with Gasteiger partial charge in [0.25, 0.3) is 5.91 Å². The van der Waals surface area contributed by atoms with Crippen LogP contribution >= 0.6 is 0 Å². The maximum atomic E-state index is 12.2. The monoisotopic (exact) mass is 267 g/mol. The third-order valence-corrected chi connectivity index (χ3v) is 3.30. The zero-order valence-corrected chi connectivity index (χ0v) is 12.0. The van der Waals surface area contributed by atoms with E-state index in [4.69, 9.17) is 9.52 Å². The zero-order valence-electron chi connectivity index (χ0n) is 12.0. The number of carbonyl (C=O) groups is 2. The Balaban J connectivity index is 2.91. The van der Waals surface area contributed by atoms with E-state index in [0.717, 1.165) is 5.56 Å². The molecule has 0 fully saturated rings. The number of furan rings is 1. The quantitative estimate of drug-likeness (QED) is 0.858. The van der Waals surface area contributed by atoms with E-state index >= 15 is 0 Å². The Labute approximate surface area is 113 Å². The molecule has 1 atom stereocenters. The van der Waals surface area contributed by atoms with E-state index in [1.165, 1.54) is 0 Å². The number of rotatable bonds is 5. The third kappa shape index (κ3) is 3.59. The van der Waals surface area contributed by atoms with Crippen LogP contribution in [-0.2, 0) is 4.79 Å². The van der Waals surface area contributed by atoms with Crippen LogP contribution in [0.5, 0.6) is 0 Å². The molecule has 0 aliphatic heterocycles. The molecule has 5 nitrogen and oxygen atoms in total. The highest BCUT2D eigenvalue weighted by atomic mass is 16.4. The highest BCUT2D eigenvalue weighted by molar-refractivity contribution is 5.97.